The lowest BCUT2D eigenvalue weighted by Gasteiger charge is -2.23. The highest BCUT2D eigenvalue weighted by Crippen LogP contribution is 2.23. The van der Waals surface area contributed by atoms with Crippen LogP contribution in [-0.2, 0) is 16.0 Å². The first-order valence-electron chi connectivity index (χ1n) is 14.6. The van der Waals surface area contributed by atoms with E-state index in [1.165, 1.54) is 7.11 Å². The zero-order chi connectivity index (χ0) is 31.4. The van der Waals surface area contributed by atoms with Crippen LogP contribution in [0.3, 0.4) is 0 Å². The minimum atomic E-state index is -0.731. The van der Waals surface area contributed by atoms with Gasteiger partial charge in [0.25, 0.3) is 5.91 Å². The number of nitrogens with one attached hydrogen (secondary N) is 1. The number of carbonyl (C=O) groups excluding carboxylic acids is 3. The summed E-state index contributed by atoms with van der Waals surface area (Å²) in [7, 11) is 1.34. The molecule has 1 N–H and O–H groups in total. The zero-order valence-electron chi connectivity index (χ0n) is 24.8. The molecule has 0 aliphatic carbocycles. The van der Waals surface area contributed by atoms with Gasteiger partial charge in [0.2, 0.25) is 0 Å². The molecule has 0 unspecified atom stereocenters. The topological polar surface area (TPSA) is 97.8 Å². The predicted molar refractivity (Wildman–Crippen MR) is 174 cm³/mol. The summed E-state index contributed by atoms with van der Waals surface area (Å²) in [5.74, 6) is -0.102. The zero-order valence-corrected chi connectivity index (χ0v) is 24.8. The van der Waals surface area contributed by atoms with Crippen molar-refractivity contribution in [3.63, 3.8) is 0 Å². The minimum absolute atomic E-state index is 0.142. The number of esters is 1. The number of ketones is 1. The van der Waals surface area contributed by atoms with E-state index < -0.39 is 12.0 Å². The Morgan fingerprint density at radius 2 is 1.40 bits per heavy atom. The molecule has 1 atom stereocenters. The second-order valence-corrected chi connectivity index (χ2v) is 10.2. The summed E-state index contributed by atoms with van der Waals surface area (Å²) in [6.07, 6.45) is 3.51. The van der Waals surface area contributed by atoms with E-state index in [2.05, 4.69) is 10.3 Å². The first kappa shape index (κ1) is 30.7. The molecule has 0 saturated carbocycles. The van der Waals surface area contributed by atoms with Crippen LogP contribution in [0.1, 0.15) is 31.8 Å². The molecule has 0 spiro atoms. The van der Waals surface area contributed by atoms with Crippen LogP contribution in [0.25, 0.3) is 0 Å². The van der Waals surface area contributed by atoms with Crippen molar-refractivity contribution in [3.8, 4) is 5.75 Å². The van der Waals surface area contributed by atoms with Gasteiger partial charge in [0, 0.05) is 46.9 Å². The Kier molecular flexibility index (Phi) is 10.3. The van der Waals surface area contributed by atoms with Gasteiger partial charge in [-0.1, -0.05) is 72.8 Å². The molecule has 226 valence electrons. The fourth-order valence-corrected chi connectivity index (χ4v) is 4.89. The summed E-state index contributed by atoms with van der Waals surface area (Å²) in [4.78, 5) is 44.9. The molecule has 8 nitrogen and oxygen atoms in total. The number of para-hydroxylation sites is 2. The molecular formula is C37H33N3O5. The largest absolute Gasteiger partial charge is 0.492 e. The first-order chi connectivity index (χ1) is 22.0. The van der Waals surface area contributed by atoms with Gasteiger partial charge in [-0.2, -0.15) is 0 Å². The van der Waals surface area contributed by atoms with Crippen LogP contribution in [0.5, 0.6) is 5.75 Å². The van der Waals surface area contributed by atoms with Gasteiger partial charge >= 0.3 is 5.97 Å². The van der Waals surface area contributed by atoms with Crippen molar-refractivity contribution in [3.05, 3.63) is 156 Å². The van der Waals surface area contributed by atoms with Crippen molar-refractivity contribution in [2.75, 3.05) is 30.5 Å². The van der Waals surface area contributed by atoms with Gasteiger partial charge in [-0.05, 0) is 54.1 Å². The molecule has 0 radical (unpaired) electrons. The SMILES string of the molecule is COC(=O)[C@H](Cc1ccc(OCCN(C(=O)c2ccncc2)c2ccccc2)cc1)Nc1ccccc1C(=O)c1ccccc1. The quantitative estimate of drug-likeness (QED) is 0.127. The molecule has 0 aliphatic heterocycles. The van der Waals surface area contributed by atoms with Gasteiger partial charge in [0.05, 0.1) is 13.7 Å². The van der Waals surface area contributed by atoms with Crippen molar-refractivity contribution >= 4 is 29.0 Å². The fraction of sp³-hybridized carbons (Fsp3) is 0.135. The number of pyridine rings is 1. The number of nitrogens with zero attached hydrogens (tertiary/aromatic N) is 2. The van der Waals surface area contributed by atoms with E-state index >= 15 is 0 Å². The lowest BCUT2D eigenvalue weighted by molar-refractivity contribution is -0.141. The van der Waals surface area contributed by atoms with Crippen molar-refractivity contribution < 1.29 is 23.9 Å². The monoisotopic (exact) mass is 599 g/mol. The van der Waals surface area contributed by atoms with Crippen LogP contribution in [-0.4, -0.2) is 48.9 Å². The van der Waals surface area contributed by atoms with E-state index in [-0.39, 0.29) is 18.3 Å². The number of methoxy groups -OCH3 is 1. The first-order valence-corrected chi connectivity index (χ1v) is 14.6. The van der Waals surface area contributed by atoms with Crippen molar-refractivity contribution in [2.24, 2.45) is 0 Å². The third kappa shape index (κ3) is 8.00. The minimum Gasteiger partial charge on any atom is -0.492 e. The van der Waals surface area contributed by atoms with Crippen LogP contribution in [0.2, 0.25) is 0 Å². The average molecular weight is 600 g/mol. The Balaban J connectivity index is 1.24. The maximum absolute atomic E-state index is 13.3. The van der Waals surface area contributed by atoms with Crippen molar-refractivity contribution in [2.45, 2.75) is 12.5 Å². The van der Waals surface area contributed by atoms with Gasteiger partial charge in [-0.3, -0.25) is 14.6 Å². The molecule has 1 heterocycles. The summed E-state index contributed by atoms with van der Waals surface area (Å²) in [5, 5.41) is 3.23. The van der Waals surface area contributed by atoms with Crippen LogP contribution < -0.4 is 15.0 Å². The van der Waals surface area contributed by atoms with E-state index in [1.807, 2.05) is 78.9 Å². The highest BCUT2D eigenvalue weighted by molar-refractivity contribution is 6.12. The average Bonchev–Trinajstić information content (AvgIpc) is 3.11. The Labute approximate surface area is 262 Å². The standard InChI is InChI=1S/C37H33N3O5/c1-44-37(43)34(39-33-15-9-8-14-32(33)35(41)28-10-4-2-5-11-28)26-27-16-18-31(19-17-27)45-25-24-40(30-12-6-3-7-13-30)36(42)29-20-22-38-23-21-29/h2-23,34,39H,24-26H2,1H3/t34-/m0/s1. The number of hydrogen-bond acceptors (Lipinski definition) is 7. The number of rotatable bonds is 13. The van der Waals surface area contributed by atoms with Gasteiger partial charge in [-0.15, -0.1) is 0 Å². The van der Waals surface area contributed by atoms with Crippen molar-refractivity contribution in [1.29, 1.82) is 0 Å². The van der Waals surface area contributed by atoms with Crippen LogP contribution in [0.15, 0.2) is 134 Å². The van der Waals surface area contributed by atoms with Gasteiger partial charge in [0.15, 0.2) is 5.78 Å². The fourth-order valence-electron chi connectivity index (χ4n) is 4.89. The summed E-state index contributed by atoms with van der Waals surface area (Å²) in [6, 6.07) is 35.6. The van der Waals surface area contributed by atoms with E-state index in [9.17, 15) is 14.4 Å². The molecule has 5 rings (SSSR count). The molecule has 0 aliphatic rings. The van der Waals surface area contributed by atoms with E-state index in [0.717, 1.165) is 11.3 Å². The summed E-state index contributed by atoms with van der Waals surface area (Å²) in [5.41, 5.74) is 3.76. The number of carbonyl (C=O) groups is 3. The lowest BCUT2D eigenvalue weighted by Crippen LogP contribution is -2.34. The Bertz CT molecular complexity index is 1710. The molecule has 1 aromatic heterocycles. The summed E-state index contributed by atoms with van der Waals surface area (Å²) < 4.78 is 11.1. The molecule has 8 heteroatoms. The number of aromatic nitrogens is 1. The maximum Gasteiger partial charge on any atom is 0.328 e. The summed E-state index contributed by atoms with van der Waals surface area (Å²) >= 11 is 0. The third-order valence-corrected chi connectivity index (χ3v) is 7.21. The Morgan fingerprint density at radius 3 is 2.09 bits per heavy atom. The Hall–Kier alpha value is -5.76. The third-order valence-electron chi connectivity index (χ3n) is 7.21. The smallest absolute Gasteiger partial charge is 0.328 e. The number of anilines is 2. The van der Waals surface area contributed by atoms with Gasteiger partial charge < -0.3 is 19.7 Å². The predicted octanol–water partition coefficient (Wildman–Crippen LogP) is 6.23. The highest BCUT2D eigenvalue weighted by atomic mass is 16.5. The maximum atomic E-state index is 13.3. The molecule has 4 aromatic carbocycles. The molecule has 0 bridgehead atoms. The molecule has 1 amide bonds. The summed E-state index contributed by atoms with van der Waals surface area (Å²) in [6.45, 7) is 0.603. The van der Waals surface area contributed by atoms with Crippen LogP contribution in [0, 0.1) is 0 Å². The highest BCUT2D eigenvalue weighted by Gasteiger charge is 2.23. The molecule has 45 heavy (non-hydrogen) atoms. The number of ether oxygens (including phenoxy) is 2. The second-order valence-electron chi connectivity index (χ2n) is 10.2. The van der Waals surface area contributed by atoms with Gasteiger partial charge in [0.1, 0.15) is 18.4 Å². The molecule has 0 saturated heterocycles. The van der Waals surface area contributed by atoms with E-state index in [4.69, 9.17) is 9.47 Å². The normalized spacial score (nSPS) is 11.2. The van der Waals surface area contributed by atoms with E-state index in [1.54, 1.807) is 59.8 Å². The number of amides is 1. The number of benzene rings is 4. The Morgan fingerprint density at radius 1 is 0.756 bits per heavy atom. The van der Waals surface area contributed by atoms with Gasteiger partial charge in [-0.25, -0.2) is 4.79 Å². The second kappa shape index (κ2) is 15.1. The molecule has 0 fully saturated rings. The van der Waals surface area contributed by atoms with Crippen molar-refractivity contribution in [1.82, 2.24) is 4.98 Å². The molecule has 5 aromatic rings. The van der Waals surface area contributed by atoms with Crippen LogP contribution >= 0.6 is 0 Å². The molecular weight excluding hydrogens is 566 g/mol. The van der Waals surface area contributed by atoms with E-state index in [0.29, 0.717) is 41.1 Å². The lowest BCUT2D eigenvalue weighted by atomic mass is 10.00. The van der Waals surface area contributed by atoms with Crippen LogP contribution in [0.4, 0.5) is 11.4 Å². The number of hydrogen-bond donors (Lipinski definition) is 1.